The Morgan fingerprint density at radius 2 is 1.79 bits per heavy atom. The maximum absolute atomic E-state index is 13.7. The Labute approximate surface area is 146 Å². The molecule has 134 valence electrons. The lowest BCUT2D eigenvalue weighted by Gasteiger charge is -2.35. The molecule has 1 atom stereocenters. The van der Waals surface area contributed by atoms with Crippen LogP contribution in [0.15, 0.2) is 18.2 Å². The van der Waals surface area contributed by atoms with Crippen molar-refractivity contribution in [3.8, 4) is 0 Å². The number of nitrogens with one attached hydrogen (secondary N) is 2. The fourth-order valence-electron chi connectivity index (χ4n) is 1.72. The van der Waals surface area contributed by atoms with Crippen LogP contribution in [0.5, 0.6) is 0 Å². The van der Waals surface area contributed by atoms with Crippen LogP contribution in [0.1, 0.15) is 20.3 Å². The number of esters is 1. The molecule has 0 aliphatic carbocycles. The lowest BCUT2D eigenvalue weighted by Crippen LogP contribution is -2.69. The van der Waals surface area contributed by atoms with Crippen molar-refractivity contribution in [2.45, 2.75) is 32.1 Å². The second kappa shape index (κ2) is 7.94. The Balaban J connectivity index is 3.39. The van der Waals surface area contributed by atoms with Crippen molar-refractivity contribution in [3.63, 3.8) is 0 Å². The minimum atomic E-state index is -5.18. The summed E-state index contributed by atoms with van der Waals surface area (Å²) < 4.78 is 45.5. The van der Waals surface area contributed by atoms with Crippen LogP contribution in [0, 0.1) is 0 Å². The minimum Gasteiger partial charge on any atom is -0.463 e. The maximum atomic E-state index is 13.7. The number of halogens is 5. The number of ether oxygens (including phenoxy) is 1. The molecule has 0 fully saturated rings. The van der Waals surface area contributed by atoms with Crippen LogP contribution in [0.2, 0.25) is 10.0 Å². The highest BCUT2D eigenvalue weighted by atomic mass is 35.5. The molecule has 0 heterocycles. The van der Waals surface area contributed by atoms with Gasteiger partial charge in [-0.3, -0.25) is 4.79 Å². The van der Waals surface area contributed by atoms with Gasteiger partial charge in [-0.2, -0.15) is 13.2 Å². The first-order valence-corrected chi connectivity index (χ1v) is 7.61. The fraction of sp³-hybridized carbons (Fsp3) is 0.429. The second-order valence-corrected chi connectivity index (χ2v) is 5.44. The van der Waals surface area contributed by atoms with Crippen molar-refractivity contribution in [1.82, 2.24) is 5.32 Å². The molecule has 24 heavy (non-hydrogen) atoms. The molecular formula is C14H15Cl2F3N2O3. The zero-order chi connectivity index (χ0) is 18.5. The van der Waals surface area contributed by atoms with E-state index in [1.807, 2.05) is 5.32 Å². The summed E-state index contributed by atoms with van der Waals surface area (Å²) in [6.45, 7) is 2.39. The van der Waals surface area contributed by atoms with Gasteiger partial charge in [0.2, 0.25) is 5.91 Å². The van der Waals surface area contributed by atoms with Crippen LogP contribution in [-0.2, 0) is 14.3 Å². The molecule has 1 rings (SSSR count). The van der Waals surface area contributed by atoms with Gasteiger partial charge in [-0.15, -0.1) is 0 Å². The first-order valence-electron chi connectivity index (χ1n) is 6.85. The highest BCUT2D eigenvalue weighted by molar-refractivity contribution is 6.42. The molecule has 0 saturated heterocycles. The van der Waals surface area contributed by atoms with E-state index in [0.717, 1.165) is 6.07 Å². The van der Waals surface area contributed by atoms with Gasteiger partial charge in [-0.05, 0) is 25.1 Å². The summed E-state index contributed by atoms with van der Waals surface area (Å²) in [5.41, 5.74) is -3.63. The van der Waals surface area contributed by atoms with Crippen molar-refractivity contribution < 1.29 is 27.5 Å². The van der Waals surface area contributed by atoms with Crippen molar-refractivity contribution in [3.05, 3.63) is 28.2 Å². The average Bonchev–Trinajstić information content (AvgIpc) is 2.49. The van der Waals surface area contributed by atoms with Crippen LogP contribution < -0.4 is 10.6 Å². The van der Waals surface area contributed by atoms with E-state index in [0.29, 0.717) is 0 Å². The third kappa shape index (κ3) is 4.45. The van der Waals surface area contributed by atoms with Gasteiger partial charge in [0, 0.05) is 12.1 Å². The van der Waals surface area contributed by atoms with E-state index in [2.05, 4.69) is 4.74 Å². The molecule has 0 saturated carbocycles. The molecule has 0 bridgehead atoms. The third-order valence-electron chi connectivity index (χ3n) is 2.91. The molecule has 1 aromatic carbocycles. The largest absolute Gasteiger partial charge is 0.463 e. The summed E-state index contributed by atoms with van der Waals surface area (Å²) in [6.07, 6.45) is -5.45. The van der Waals surface area contributed by atoms with Gasteiger partial charge < -0.3 is 15.4 Å². The molecular weight excluding hydrogens is 372 g/mol. The Bertz CT molecular complexity index is 626. The molecule has 0 aromatic heterocycles. The lowest BCUT2D eigenvalue weighted by molar-refractivity contribution is -0.207. The van der Waals surface area contributed by atoms with E-state index in [1.165, 1.54) is 26.0 Å². The number of carbonyl (C=O) groups excluding carboxylic acids is 2. The number of alkyl halides is 3. The number of hydrogen-bond acceptors (Lipinski definition) is 4. The average molecular weight is 387 g/mol. The van der Waals surface area contributed by atoms with Gasteiger partial charge >= 0.3 is 17.8 Å². The monoisotopic (exact) mass is 386 g/mol. The minimum absolute atomic E-state index is 0.0246. The summed E-state index contributed by atoms with van der Waals surface area (Å²) in [7, 11) is 0. The SMILES string of the molecule is CCOC(=O)[C@@](NC(=O)CC)(Nc1ccc(Cl)c(Cl)c1)C(F)(F)F. The van der Waals surface area contributed by atoms with Crippen molar-refractivity contribution >= 4 is 40.8 Å². The Morgan fingerprint density at radius 3 is 2.25 bits per heavy atom. The van der Waals surface area contributed by atoms with E-state index < -0.39 is 23.7 Å². The Morgan fingerprint density at radius 1 is 1.17 bits per heavy atom. The van der Waals surface area contributed by atoms with Crippen LogP contribution in [-0.4, -0.2) is 30.3 Å². The molecule has 0 aliphatic heterocycles. The summed E-state index contributed by atoms with van der Waals surface area (Å²) in [5, 5.41) is 3.73. The molecule has 0 aliphatic rings. The van der Waals surface area contributed by atoms with Gasteiger partial charge in [0.15, 0.2) is 0 Å². The Kier molecular flexibility index (Phi) is 6.74. The highest BCUT2D eigenvalue weighted by Crippen LogP contribution is 2.35. The molecule has 10 heteroatoms. The quantitative estimate of drug-likeness (QED) is 0.576. The van der Waals surface area contributed by atoms with E-state index in [-0.39, 0.29) is 28.8 Å². The number of rotatable bonds is 6. The zero-order valence-corrected chi connectivity index (χ0v) is 14.3. The number of anilines is 1. The first kappa shape index (κ1) is 20.4. The molecule has 2 N–H and O–H groups in total. The number of benzene rings is 1. The van der Waals surface area contributed by atoms with E-state index in [9.17, 15) is 22.8 Å². The first-order chi connectivity index (χ1) is 11.1. The third-order valence-corrected chi connectivity index (χ3v) is 3.65. The topological polar surface area (TPSA) is 67.4 Å². The van der Waals surface area contributed by atoms with Gasteiger partial charge in [0.25, 0.3) is 0 Å². The normalized spacial score (nSPS) is 13.8. The summed E-state index contributed by atoms with van der Waals surface area (Å²) in [5.74, 6) is -2.68. The van der Waals surface area contributed by atoms with Crippen LogP contribution >= 0.6 is 23.2 Å². The number of carbonyl (C=O) groups is 2. The maximum Gasteiger partial charge on any atom is 0.441 e. The van der Waals surface area contributed by atoms with Gasteiger partial charge in [0.1, 0.15) is 0 Å². The van der Waals surface area contributed by atoms with Gasteiger partial charge in [-0.1, -0.05) is 30.1 Å². The fourth-order valence-corrected chi connectivity index (χ4v) is 2.02. The lowest BCUT2D eigenvalue weighted by atomic mass is 10.1. The van der Waals surface area contributed by atoms with Crippen molar-refractivity contribution in [2.75, 3.05) is 11.9 Å². The molecule has 5 nitrogen and oxygen atoms in total. The van der Waals surface area contributed by atoms with Gasteiger partial charge in [-0.25, -0.2) is 4.79 Å². The van der Waals surface area contributed by atoms with E-state index in [1.54, 1.807) is 5.32 Å². The Hall–Kier alpha value is -1.67. The number of hydrogen-bond donors (Lipinski definition) is 2. The van der Waals surface area contributed by atoms with E-state index in [4.69, 9.17) is 23.2 Å². The summed E-state index contributed by atoms with van der Waals surface area (Å²) in [6, 6.07) is 3.54. The highest BCUT2D eigenvalue weighted by Gasteiger charge is 2.63. The smallest absolute Gasteiger partial charge is 0.441 e. The zero-order valence-electron chi connectivity index (χ0n) is 12.8. The molecule has 1 aromatic rings. The molecule has 0 unspecified atom stereocenters. The van der Waals surface area contributed by atoms with Gasteiger partial charge in [0.05, 0.1) is 16.7 Å². The second-order valence-electron chi connectivity index (χ2n) is 4.62. The van der Waals surface area contributed by atoms with Crippen LogP contribution in [0.25, 0.3) is 0 Å². The van der Waals surface area contributed by atoms with E-state index >= 15 is 0 Å². The molecule has 0 radical (unpaired) electrons. The standard InChI is InChI=1S/C14H15Cl2F3N2O3/c1-3-11(22)21-13(14(17,18)19,12(23)24-4-2)20-8-5-6-9(15)10(16)7-8/h5-7,20H,3-4H2,1-2H3,(H,21,22)/t13-/m0/s1. The van der Waals surface area contributed by atoms with Crippen LogP contribution in [0.3, 0.4) is 0 Å². The molecule has 1 amide bonds. The predicted molar refractivity (Wildman–Crippen MR) is 83.9 cm³/mol. The van der Waals surface area contributed by atoms with Crippen LogP contribution in [0.4, 0.5) is 18.9 Å². The van der Waals surface area contributed by atoms with Crippen molar-refractivity contribution in [1.29, 1.82) is 0 Å². The van der Waals surface area contributed by atoms with Crippen molar-refractivity contribution in [2.24, 2.45) is 0 Å². The summed E-state index contributed by atoms with van der Waals surface area (Å²) in [4.78, 5) is 23.6. The molecule has 0 spiro atoms. The number of amides is 1. The predicted octanol–water partition coefficient (Wildman–Crippen LogP) is 3.75. The summed E-state index contributed by atoms with van der Waals surface area (Å²) >= 11 is 11.5.